The van der Waals surface area contributed by atoms with Crippen LogP contribution in [0.2, 0.25) is 0 Å². The minimum atomic E-state index is -0.903. The molecule has 1 heterocycles. The van der Waals surface area contributed by atoms with E-state index in [1.54, 1.807) is 20.8 Å². The van der Waals surface area contributed by atoms with Crippen LogP contribution in [-0.4, -0.2) is 28.3 Å². The summed E-state index contributed by atoms with van der Waals surface area (Å²) >= 11 is 0. The first kappa shape index (κ1) is 25.0. The summed E-state index contributed by atoms with van der Waals surface area (Å²) in [6, 6.07) is 26.8. The quantitative estimate of drug-likeness (QED) is 0.318. The Bertz CT molecular complexity index is 1310. The first-order chi connectivity index (χ1) is 17.3. The van der Waals surface area contributed by atoms with Gasteiger partial charge in [0.1, 0.15) is 18.2 Å². The van der Waals surface area contributed by atoms with Gasteiger partial charge in [0.05, 0.1) is 0 Å². The van der Waals surface area contributed by atoms with Crippen molar-refractivity contribution in [2.75, 3.05) is 0 Å². The predicted octanol–water partition coefficient (Wildman–Crippen LogP) is 5.87. The fourth-order valence-corrected chi connectivity index (χ4v) is 4.09. The standard InChI is InChI=1S/C30H32N2O4/c1-30(2,3)36-29(34)31-26(28(33)35-21-23-14-8-5-9-15-23)18-24-20-32(19-22-12-6-4-7-13-22)27-17-11-10-16-25(24)27/h4-17,20,26H,18-19,21H2,1-3H3,(H,31,34)/t26-/m1/s1. The molecule has 1 aromatic heterocycles. The molecule has 1 amide bonds. The van der Waals surface area contributed by atoms with E-state index < -0.39 is 23.7 Å². The third kappa shape index (κ3) is 6.75. The molecule has 0 saturated heterocycles. The van der Waals surface area contributed by atoms with Gasteiger partial charge in [-0.3, -0.25) is 0 Å². The van der Waals surface area contributed by atoms with Gasteiger partial charge in [0.2, 0.25) is 0 Å². The summed E-state index contributed by atoms with van der Waals surface area (Å²) in [5.74, 6) is -0.510. The van der Waals surface area contributed by atoms with E-state index in [4.69, 9.17) is 9.47 Å². The summed E-state index contributed by atoms with van der Waals surface area (Å²) < 4.78 is 13.2. The maximum Gasteiger partial charge on any atom is 0.408 e. The Kier molecular flexibility index (Phi) is 7.74. The Labute approximate surface area is 211 Å². The van der Waals surface area contributed by atoms with E-state index in [2.05, 4.69) is 28.1 Å². The van der Waals surface area contributed by atoms with Gasteiger partial charge < -0.3 is 19.4 Å². The predicted molar refractivity (Wildman–Crippen MR) is 141 cm³/mol. The van der Waals surface area contributed by atoms with Crippen LogP contribution in [0.3, 0.4) is 0 Å². The Morgan fingerprint density at radius 2 is 1.47 bits per heavy atom. The number of rotatable bonds is 8. The lowest BCUT2D eigenvalue weighted by molar-refractivity contribution is -0.147. The number of aromatic nitrogens is 1. The van der Waals surface area contributed by atoms with Crippen molar-refractivity contribution >= 4 is 23.0 Å². The van der Waals surface area contributed by atoms with E-state index in [9.17, 15) is 9.59 Å². The molecule has 36 heavy (non-hydrogen) atoms. The Hall–Kier alpha value is -4.06. The topological polar surface area (TPSA) is 69.6 Å². The second-order valence-electron chi connectivity index (χ2n) is 9.78. The third-order valence-corrected chi connectivity index (χ3v) is 5.69. The number of amides is 1. The maximum absolute atomic E-state index is 13.2. The molecule has 0 spiro atoms. The zero-order chi connectivity index (χ0) is 25.5. The molecule has 0 radical (unpaired) electrons. The van der Waals surface area contributed by atoms with E-state index in [1.165, 1.54) is 5.56 Å². The van der Waals surface area contributed by atoms with Crippen molar-refractivity contribution in [1.82, 2.24) is 9.88 Å². The lowest BCUT2D eigenvalue weighted by Gasteiger charge is -2.23. The summed E-state index contributed by atoms with van der Waals surface area (Å²) in [5, 5.41) is 3.76. The number of para-hydroxylation sites is 1. The van der Waals surface area contributed by atoms with Gasteiger partial charge >= 0.3 is 12.1 Å². The zero-order valence-electron chi connectivity index (χ0n) is 20.9. The second-order valence-corrected chi connectivity index (χ2v) is 9.78. The van der Waals surface area contributed by atoms with Crippen LogP contribution >= 0.6 is 0 Å². The number of hydrogen-bond donors (Lipinski definition) is 1. The van der Waals surface area contributed by atoms with E-state index in [0.29, 0.717) is 6.54 Å². The number of alkyl carbamates (subject to hydrolysis) is 1. The van der Waals surface area contributed by atoms with Gasteiger partial charge in [-0.05, 0) is 43.5 Å². The third-order valence-electron chi connectivity index (χ3n) is 5.69. The molecular weight excluding hydrogens is 452 g/mol. The fraction of sp³-hybridized carbons (Fsp3) is 0.267. The van der Waals surface area contributed by atoms with Crippen LogP contribution in [0.4, 0.5) is 4.79 Å². The molecule has 0 fully saturated rings. The Balaban J connectivity index is 1.58. The van der Waals surface area contributed by atoms with Crippen LogP contribution in [0.25, 0.3) is 10.9 Å². The maximum atomic E-state index is 13.2. The molecule has 6 heteroatoms. The summed E-state index contributed by atoms with van der Waals surface area (Å²) in [5.41, 5.74) is 3.37. The zero-order valence-corrected chi connectivity index (χ0v) is 20.9. The molecule has 0 saturated carbocycles. The smallest absolute Gasteiger partial charge is 0.408 e. The van der Waals surface area contributed by atoms with Crippen LogP contribution in [0.5, 0.6) is 0 Å². The number of nitrogens with zero attached hydrogens (tertiary/aromatic N) is 1. The second kappa shape index (κ2) is 11.1. The van der Waals surface area contributed by atoms with Crippen molar-refractivity contribution in [3.63, 3.8) is 0 Å². The monoisotopic (exact) mass is 484 g/mol. The number of ether oxygens (including phenoxy) is 2. The molecule has 0 aliphatic carbocycles. The van der Waals surface area contributed by atoms with Crippen molar-refractivity contribution in [3.8, 4) is 0 Å². The number of carbonyl (C=O) groups excluding carboxylic acids is 2. The summed E-state index contributed by atoms with van der Waals surface area (Å²) in [7, 11) is 0. The fourth-order valence-electron chi connectivity index (χ4n) is 4.09. The summed E-state index contributed by atoms with van der Waals surface area (Å²) in [6.07, 6.45) is 1.67. The number of nitrogens with one attached hydrogen (secondary N) is 1. The molecule has 4 rings (SSSR count). The van der Waals surface area contributed by atoms with Gasteiger partial charge in [-0.1, -0.05) is 78.9 Å². The van der Waals surface area contributed by atoms with Gasteiger partial charge in [-0.25, -0.2) is 9.59 Å². The van der Waals surface area contributed by atoms with Crippen LogP contribution in [0.15, 0.2) is 91.1 Å². The van der Waals surface area contributed by atoms with E-state index in [0.717, 1.165) is 22.0 Å². The number of esters is 1. The summed E-state index contributed by atoms with van der Waals surface area (Å²) in [6.45, 7) is 6.18. The minimum Gasteiger partial charge on any atom is -0.459 e. The highest BCUT2D eigenvalue weighted by Gasteiger charge is 2.27. The largest absolute Gasteiger partial charge is 0.459 e. The molecule has 0 aliphatic heterocycles. The molecule has 1 N–H and O–H groups in total. The highest BCUT2D eigenvalue weighted by atomic mass is 16.6. The van der Waals surface area contributed by atoms with Crippen LogP contribution in [0.1, 0.15) is 37.5 Å². The van der Waals surface area contributed by atoms with Crippen molar-refractivity contribution in [3.05, 3.63) is 108 Å². The molecule has 4 aromatic rings. The van der Waals surface area contributed by atoms with Crippen LogP contribution in [0, 0.1) is 0 Å². The minimum absolute atomic E-state index is 0.127. The first-order valence-corrected chi connectivity index (χ1v) is 12.1. The number of carbonyl (C=O) groups is 2. The van der Waals surface area contributed by atoms with Crippen LogP contribution < -0.4 is 5.32 Å². The van der Waals surface area contributed by atoms with Crippen molar-refractivity contribution in [2.45, 2.75) is 52.0 Å². The van der Waals surface area contributed by atoms with Crippen molar-refractivity contribution in [2.24, 2.45) is 0 Å². The lowest BCUT2D eigenvalue weighted by atomic mass is 10.1. The SMILES string of the molecule is CC(C)(C)OC(=O)N[C@H](Cc1cn(Cc2ccccc2)c2ccccc12)C(=O)OCc1ccccc1. The molecular formula is C30H32N2O4. The molecule has 0 unspecified atom stereocenters. The van der Waals surface area contributed by atoms with Crippen LogP contribution in [-0.2, 0) is 33.8 Å². The molecule has 186 valence electrons. The van der Waals surface area contributed by atoms with E-state index in [1.807, 2.05) is 72.9 Å². The highest BCUT2D eigenvalue weighted by molar-refractivity contribution is 5.86. The Morgan fingerprint density at radius 1 is 0.861 bits per heavy atom. The lowest BCUT2D eigenvalue weighted by Crippen LogP contribution is -2.45. The summed E-state index contributed by atoms with van der Waals surface area (Å²) in [4.78, 5) is 25.8. The van der Waals surface area contributed by atoms with Gasteiger partial charge in [0.25, 0.3) is 0 Å². The molecule has 3 aromatic carbocycles. The number of benzene rings is 3. The van der Waals surface area contributed by atoms with Gasteiger partial charge in [-0.2, -0.15) is 0 Å². The number of hydrogen-bond acceptors (Lipinski definition) is 4. The highest BCUT2D eigenvalue weighted by Crippen LogP contribution is 2.24. The number of fused-ring (bicyclic) bond motifs is 1. The average molecular weight is 485 g/mol. The van der Waals surface area contributed by atoms with Crippen molar-refractivity contribution in [1.29, 1.82) is 0 Å². The first-order valence-electron chi connectivity index (χ1n) is 12.1. The van der Waals surface area contributed by atoms with Gasteiger partial charge in [0, 0.05) is 30.1 Å². The average Bonchev–Trinajstić information content (AvgIpc) is 3.19. The van der Waals surface area contributed by atoms with E-state index in [-0.39, 0.29) is 13.0 Å². The van der Waals surface area contributed by atoms with Gasteiger partial charge in [-0.15, -0.1) is 0 Å². The Morgan fingerprint density at radius 3 is 2.14 bits per heavy atom. The normalized spacial score (nSPS) is 12.2. The molecule has 6 nitrogen and oxygen atoms in total. The molecule has 1 atom stereocenters. The van der Waals surface area contributed by atoms with Crippen molar-refractivity contribution < 1.29 is 19.1 Å². The van der Waals surface area contributed by atoms with E-state index >= 15 is 0 Å². The molecule has 0 bridgehead atoms. The molecule has 0 aliphatic rings. The van der Waals surface area contributed by atoms with Gasteiger partial charge in [0.15, 0.2) is 0 Å².